The third-order valence-corrected chi connectivity index (χ3v) is 21.1. The van der Waals surface area contributed by atoms with Gasteiger partial charge in [-0.1, -0.05) is 176 Å². The summed E-state index contributed by atoms with van der Waals surface area (Å²) >= 11 is 7.82. The van der Waals surface area contributed by atoms with Crippen LogP contribution in [0.4, 0.5) is 17.1 Å². The number of thiophene rings is 3. The molecule has 412 valence electrons. The smallest absolute Gasteiger partial charge is 0.346 e. The molecule has 0 fully saturated rings. The van der Waals surface area contributed by atoms with Crippen molar-refractivity contribution in [1.29, 1.82) is 5.26 Å². The molecule has 0 bridgehead atoms. The molecule has 3 aromatic carbocycles. The van der Waals surface area contributed by atoms with Gasteiger partial charge in [0.2, 0.25) is 0 Å². The third-order valence-electron chi connectivity index (χ3n) is 15.2. The quantitative estimate of drug-likeness (QED) is 0.0336. The van der Waals surface area contributed by atoms with Gasteiger partial charge in [0.25, 0.3) is 0 Å². The lowest BCUT2D eigenvalue weighted by Gasteiger charge is -2.31. The fourth-order valence-corrected chi connectivity index (χ4v) is 16.4. The largest absolute Gasteiger partial charge is 0.487 e. The lowest BCUT2D eigenvalue weighted by Crippen LogP contribution is -2.33. The number of benzene rings is 3. The molecule has 5 aromatic heterocycles. The van der Waals surface area contributed by atoms with Crippen molar-refractivity contribution in [2.24, 2.45) is 10.8 Å². The summed E-state index contributed by atoms with van der Waals surface area (Å²) in [6.07, 6.45) is 19.4. The summed E-state index contributed by atoms with van der Waals surface area (Å²) in [4.78, 5) is 31.9. The van der Waals surface area contributed by atoms with Gasteiger partial charge in [-0.2, -0.15) is 5.26 Å². The lowest BCUT2D eigenvalue weighted by atomic mass is 9.79. The summed E-state index contributed by atoms with van der Waals surface area (Å²) in [5.41, 5.74) is 3.74. The maximum atomic E-state index is 11.8. The van der Waals surface area contributed by atoms with Crippen LogP contribution in [0.15, 0.2) is 103 Å². The van der Waals surface area contributed by atoms with Crippen molar-refractivity contribution in [2.75, 3.05) is 31.3 Å². The van der Waals surface area contributed by atoms with Gasteiger partial charge in [0.1, 0.15) is 31.4 Å². The summed E-state index contributed by atoms with van der Waals surface area (Å²) in [7, 11) is 0. The van der Waals surface area contributed by atoms with E-state index in [1.54, 1.807) is 45.3 Å². The van der Waals surface area contributed by atoms with Gasteiger partial charge in [-0.25, -0.2) is 14.8 Å². The van der Waals surface area contributed by atoms with Crippen LogP contribution in [-0.2, 0) is 4.79 Å². The molecule has 1 N–H and O–H groups in total. The number of anilines is 3. The van der Waals surface area contributed by atoms with E-state index in [2.05, 4.69) is 118 Å². The van der Waals surface area contributed by atoms with E-state index >= 15 is 0 Å². The number of nitriles is 1. The Morgan fingerprint density at radius 3 is 1.39 bits per heavy atom. The van der Waals surface area contributed by atoms with E-state index in [4.69, 9.17) is 28.9 Å². The van der Waals surface area contributed by atoms with E-state index in [1.807, 2.05) is 18.2 Å². The van der Waals surface area contributed by atoms with Crippen molar-refractivity contribution in [3.63, 3.8) is 0 Å². The van der Waals surface area contributed by atoms with Gasteiger partial charge < -0.3 is 29.0 Å². The molecular formula is C64H70N4O6S5. The van der Waals surface area contributed by atoms with E-state index < -0.39 is 5.97 Å². The predicted octanol–water partition coefficient (Wildman–Crippen LogP) is 19.9. The molecule has 0 atom stereocenters. The second-order valence-corrected chi connectivity index (χ2v) is 26.3. The molecule has 7 heterocycles. The van der Waals surface area contributed by atoms with Crippen LogP contribution in [0.2, 0.25) is 0 Å². The highest BCUT2D eigenvalue weighted by molar-refractivity contribution is 7.33. The van der Waals surface area contributed by atoms with Crippen LogP contribution in [0.25, 0.3) is 55.7 Å². The number of aromatic nitrogens is 2. The molecular weight excluding hydrogens is 1080 g/mol. The first-order chi connectivity index (χ1) is 38.7. The molecule has 0 unspecified atom stereocenters. The number of hydrogen-bond donors (Lipinski definition) is 1. The van der Waals surface area contributed by atoms with Crippen LogP contribution in [0.5, 0.6) is 23.0 Å². The van der Waals surface area contributed by atoms with Crippen molar-refractivity contribution >= 4 is 95.5 Å². The highest BCUT2D eigenvalue weighted by Gasteiger charge is 2.40. The SMILES string of the molecule is CCCCCC1(CCCCC)COc2c(-c3ccc(N(c4ccccc4)c4ccccc4)cc3)sc(-c3nc4sc(-c5sc(-c6ccc(/C=C(/C#N)C(=O)O)s6)c6c5OCC(CCCCC)(CCCCC)CO6)nc4s3)c2OC1. The summed E-state index contributed by atoms with van der Waals surface area (Å²) in [5.74, 6) is 1.71. The van der Waals surface area contributed by atoms with Crippen LogP contribution in [0, 0.1) is 22.2 Å². The van der Waals surface area contributed by atoms with Crippen LogP contribution in [0.3, 0.4) is 0 Å². The van der Waals surface area contributed by atoms with Gasteiger partial charge in [0, 0.05) is 37.6 Å². The van der Waals surface area contributed by atoms with Crippen molar-refractivity contribution in [1.82, 2.24) is 9.97 Å². The molecule has 10 nitrogen and oxygen atoms in total. The van der Waals surface area contributed by atoms with E-state index in [-0.39, 0.29) is 16.4 Å². The first-order valence-corrected chi connectivity index (χ1v) is 32.3. The normalized spacial score (nSPS) is 14.7. The molecule has 0 aliphatic carbocycles. The van der Waals surface area contributed by atoms with E-state index in [0.29, 0.717) is 42.8 Å². The Kier molecular flexibility index (Phi) is 18.6. The van der Waals surface area contributed by atoms with Crippen LogP contribution >= 0.6 is 56.7 Å². The molecule has 0 radical (unpaired) electrons. The molecule has 15 heteroatoms. The van der Waals surface area contributed by atoms with Crippen LogP contribution in [0.1, 0.15) is 135 Å². The molecule has 0 amide bonds. The van der Waals surface area contributed by atoms with E-state index in [9.17, 15) is 15.2 Å². The minimum atomic E-state index is -1.25. The van der Waals surface area contributed by atoms with Gasteiger partial charge >= 0.3 is 5.97 Å². The average molecular weight is 1150 g/mol. The van der Waals surface area contributed by atoms with Gasteiger partial charge in [-0.05, 0) is 85.9 Å². The minimum Gasteiger partial charge on any atom is -0.487 e. The molecule has 10 rings (SSSR count). The number of carboxylic acid groups (broad SMARTS) is 1. The Morgan fingerprint density at radius 1 is 0.544 bits per heavy atom. The molecule has 8 aromatic rings. The summed E-state index contributed by atoms with van der Waals surface area (Å²) < 4.78 is 28.3. The van der Waals surface area contributed by atoms with Gasteiger partial charge in [0.15, 0.2) is 32.7 Å². The maximum Gasteiger partial charge on any atom is 0.346 e. The topological polar surface area (TPSA) is 127 Å². The molecule has 0 saturated carbocycles. The lowest BCUT2D eigenvalue weighted by molar-refractivity contribution is -0.132. The number of aliphatic carboxylic acids is 1. The molecule has 0 saturated heterocycles. The fraction of sp³-hybridized carbons (Fsp3) is 0.406. The van der Waals surface area contributed by atoms with Crippen molar-refractivity contribution in [3.8, 4) is 69.0 Å². The number of unbranched alkanes of at least 4 members (excludes halogenated alkanes) is 8. The Labute approximate surface area is 485 Å². The number of nitrogens with zero attached hydrogens (tertiary/aromatic N) is 4. The predicted molar refractivity (Wildman–Crippen MR) is 330 cm³/mol. The number of rotatable bonds is 25. The van der Waals surface area contributed by atoms with Gasteiger partial charge in [-0.15, -0.1) is 34.0 Å². The zero-order valence-electron chi connectivity index (χ0n) is 45.8. The first kappa shape index (κ1) is 56.3. The number of fused-ring (bicyclic) bond motifs is 3. The second kappa shape index (κ2) is 26.1. The number of carbonyl (C=O) groups is 1. The Bertz CT molecular complexity index is 3290. The first-order valence-electron chi connectivity index (χ1n) is 28.3. The monoisotopic (exact) mass is 1150 g/mol. The molecule has 0 spiro atoms. The molecule has 2 aliphatic rings. The summed E-state index contributed by atoms with van der Waals surface area (Å²) in [6.45, 7) is 11.3. The Hall–Kier alpha value is -6.02. The van der Waals surface area contributed by atoms with Gasteiger partial charge in [0.05, 0.1) is 36.2 Å². The van der Waals surface area contributed by atoms with E-state index in [1.165, 1.54) is 30.3 Å². The van der Waals surface area contributed by atoms with Crippen LogP contribution in [-0.4, -0.2) is 47.5 Å². The van der Waals surface area contributed by atoms with Crippen LogP contribution < -0.4 is 23.8 Å². The second-order valence-electron chi connectivity index (χ2n) is 21.2. The number of carboxylic acids is 1. The zero-order valence-corrected chi connectivity index (χ0v) is 49.9. The van der Waals surface area contributed by atoms with Crippen molar-refractivity contribution in [2.45, 2.75) is 130 Å². The number of thiazole rings is 2. The number of para-hydroxylation sites is 2. The highest BCUT2D eigenvalue weighted by atomic mass is 32.1. The van der Waals surface area contributed by atoms with Crippen molar-refractivity contribution in [3.05, 3.63) is 108 Å². The maximum absolute atomic E-state index is 11.8. The zero-order chi connectivity index (χ0) is 54.8. The van der Waals surface area contributed by atoms with Crippen molar-refractivity contribution < 1.29 is 28.8 Å². The molecule has 79 heavy (non-hydrogen) atoms. The number of ether oxygens (including phenoxy) is 4. The standard InChI is InChI=1S/C64H70N4O6S5/c1-5-9-19-33-63(34-20-10-6-2)39-71-50-52(73-41-63)56(76-54(50)43-27-29-47(30-28-43)68(45-23-15-13-16-24-45)46-25-17-14-18-26-46)58-66-60-61(78-58)67-59(79-60)57-53-51(55(77-57)49-32-31-48(75-49)37-44(38-65)62(69)70)72-40-64(42-74-53,35-21-11-7-3)36-22-12-8-4/h13-18,23-32,37H,5-12,19-22,33-36,39-42H2,1-4H3,(H,69,70)/b44-37-. The fourth-order valence-electron chi connectivity index (χ4n) is 10.8. The number of hydrogen-bond acceptors (Lipinski definition) is 14. The summed E-state index contributed by atoms with van der Waals surface area (Å²) in [6, 6.07) is 35.5. The summed E-state index contributed by atoms with van der Waals surface area (Å²) in [5, 5.41) is 20.9. The highest BCUT2D eigenvalue weighted by Crippen LogP contribution is 2.59. The minimum absolute atomic E-state index is 0.0988. The molecule has 2 aliphatic heterocycles. The Balaban J connectivity index is 1.03. The third kappa shape index (κ3) is 12.6. The van der Waals surface area contributed by atoms with Gasteiger partial charge in [-0.3, -0.25) is 0 Å². The van der Waals surface area contributed by atoms with E-state index in [0.717, 1.165) is 168 Å². The average Bonchev–Trinajstić information content (AvgIpc) is 4.50. The Morgan fingerprint density at radius 2 is 0.962 bits per heavy atom.